The summed E-state index contributed by atoms with van der Waals surface area (Å²) in [7, 11) is 0. The van der Waals surface area contributed by atoms with Crippen molar-refractivity contribution in [1.29, 1.82) is 0 Å². The molecule has 0 bridgehead atoms. The third-order valence-electron chi connectivity index (χ3n) is 5.58. The molecule has 8 nitrogen and oxygen atoms in total. The molecule has 0 aromatic carbocycles. The normalized spacial score (nSPS) is 26.0. The Morgan fingerprint density at radius 3 is 1.04 bits per heavy atom. The van der Waals surface area contributed by atoms with Crippen LogP contribution in [0.3, 0.4) is 0 Å². The largest absolute Gasteiger partial charge is 0.234 e. The molecule has 0 spiro atoms. The average molecular weight is 388 g/mol. The van der Waals surface area contributed by atoms with Crippen LogP contribution in [0.4, 0.5) is 0 Å². The molecule has 0 aromatic heterocycles. The maximum Gasteiger partial charge on any atom is 0.234 e. The number of hydrogen-bond donors (Lipinski definition) is 0. The van der Waals surface area contributed by atoms with Gasteiger partial charge in [0.2, 0.25) is 24.3 Å². The third-order valence-corrected chi connectivity index (χ3v) is 5.58. The van der Waals surface area contributed by atoms with E-state index < -0.39 is 10.8 Å². The van der Waals surface area contributed by atoms with E-state index in [-0.39, 0.29) is 26.2 Å². The molecule has 2 rings (SSSR count). The molecule has 0 heterocycles. The molecule has 0 unspecified atom stereocenters. The van der Waals surface area contributed by atoms with Crippen molar-refractivity contribution in [3.05, 3.63) is 0 Å². The SMILES string of the molecule is C1CCCCC1.O=C=NCC1(CN=C=O)CCCC(CN=C=O)(CN=C=O)C1. The smallest absolute Gasteiger partial charge is 0.211 e. The van der Waals surface area contributed by atoms with E-state index in [1.54, 1.807) is 0 Å². The zero-order chi connectivity index (χ0) is 20.6. The quantitative estimate of drug-likeness (QED) is 0.468. The second kappa shape index (κ2) is 13.7. The van der Waals surface area contributed by atoms with E-state index in [9.17, 15) is 19.2 Å². The van der Waals surface area contributed by atoms with E-state index >= 15 is 0 Å². The summed E-state index contributed by atoms with van der Waals surface area (Å²) in [5.74, 6) is 0. The number of rotatable bonds is 8. The highest BCUT2D eigenvalue weighted by molar-refractivity contribution is 5.35. The van der Waals surface area contributed by atoms with Gasteiger partial charge in [-0.2, -0.15) is 0 Å². The van der Waals surface area contributed by atoms with Crippen LogP contribution in [0, 0.1) is 10.8 Å². The first-order valence-corrected chi connectivity index (χ1v) is 9.80. The summed E-state index contributed by atoms with van der Waals surface area (Å²) in [6.45, 7) is 0.663. The molecule has 0 N–H and O–H groups in total. The fraction of sp³-hybridized carbons (Fsp3) is 0.800. The molecule has 152 valence electrons. The molecular formula is C20H28N4O4. The highest BCUT2D eigenvalue weighted by atomic mass is 16.1. The lowest BCUT2D eigenvalue weighted by atomic mass is 9.61. The fourth-order valence-corrected chi connectivity index (χ4v) is 4.31. The molecule has 0 amide bonds. The fourth-order valence-electron chi connectivity index (χ4n) is 4.31. The van der Waals surface area contributed by atoms with Crippen molar-refractivity contribution in [2.75, 3.05) is 26.2 Å². The van der Waals surface area contributed by atoms with Crippen LogP contribution in [0.15, 0.2) is 20.0 Å². The minimum atomic E-state index is -0.524. The second-order valence-electron chi connectivity index (χ2n) is 7.78. The van der Waals surface area contributed by atoms with Gasteiger partial charge in [-0.1, -0.05) is 44.9 Å². The van der Waals surface area contributed by atoms with E-state index in [4.69, 9.17) is 0 Å². The van der Waals surface area contributed by atoms with Gasteiger partial charge in [0, 0.05) is 10.8 Å². The molecular weight excluding hydrogens is 360 g/mol. The molecule has 0 radical (unpaired) electrons. The standard InChI is InChI=1S/C14H16N4O4.C6H12/c19-9-15-5-13(6-16-10-20)2-1-3-14(4-13,7-17-11-21)8-18-12-22;1-2-4-6-5-3-1/h1-8H2;1-6H2. The molecule has 0 aromatic rings. The summed E-state index contributed by atoms with van der Waals surface area (Å²) < 4.78 is 0. The van der Waals surface area contributed by atoms with Crippen LogP contribution in [0.1, 0.15) is 64.2 Å². The first-order chi connectivity index (χ1) is 13.7. The molecule has 2 aliphatic carbocycles. The Bertz CT molecular complexity index is 562. The summed E-state index contributed by atoms with van der Waals surface area (Å²) in [4.78, 5) is 56.3. The predicted molar refractivity (Wildman–Crippen MR) is 103 cm³/mol. The zero-order valence-corrected chi connectivity index (χ0v) is 16.3. The van der Waals surface area contributed by atoms with Gasteiger partial charge in [0.1, 0.15) is 0 Å². The van der Waals surface area contributed by atoms with Gasteiger partial charge in [-0.15, -0.1) is 0 Å². The van der Waals surface area contributed by atoms with E-state index in [0.717, 1.165) is 6.42 Å². The van der Waals surface area contributed by atoms with E-state index in [0.29, 0.717) is 19.3 Å². The Labute approximate surface area is 165 Å². The Kier molecular flexibility index (Phi) is 11.5. The van der Waals surface area contributed by atoms with Crippen LogP contribution in [0.25, 0.3) is 0 Å². The first-order valence-electron chi connectivity index (χ1n) is 9.80. The molecule has 0 saturated heterocycles. The van der Waals surface area contributed by atoms with E-state index in [1.165, 1.54) is 62.8 Å². The van der Waals surface area contributed by atoms with Gasteiger partial charge >= 0.3 is 0 Å². The Hall–Kier alpha value is -2.48. The molecule has 0 aliphatic heterocycles. The minimum absolute atomic E-state index is 0.166. The monoisotopic (exact) mass is 388 g/mol. The van der Waals surface area contributed by atoms with Crippen LogP contribution in [0.5, 0.6) is 0 Å². The van der Waals surface area contributed by atoms with Gasteiger partial charge in [-0.3, -0.25) is 0 Å². The highest BCUT2D eigenvalue weighted by Crippen LogP contribution is 2.47. The van der Waals surface area contributed by atoms with Crippen molar-refractivity contribution in [1.82, 2.24) is 0 Å². The van der Waals surface area contributed by atoms with E-state index in [2.05, 4.69) is 20.0 Å². The van der Waals surface area contributed by atoms with Crippen molar-refractivity contribution in [3.8, 4) is 0 Å². The van der Waals surface area contributed by atoms with Crippen LogP contribution in [0.2, 0.25) is 0 Å². The Morgan fingerprint density at radius 2 is 0.786 bits per heavy atom. The molecule has 8 heteroatoms. The molecule has 2 aliphatic rings. The summed E-state index contributed by atoms with van der Waals surface area (Å²) in [6.07, 6.45) is 17.6. The lowest BCUT2D eigenvalue weighted by Crippen LogP contribution is -2.43. The summed E-state index contributed by atoms with van der Waals surface area (Å²) in [6, 6.07) is 0. The molecule has 2 fully saturated rings. The zero-order valence-electron chi connectivity index (χ0n) is 16.3. The molecule has 28 heavy (non-hydrogen) atoms. The van der Waals surface area contributed by atoms with Crippen molar-refractivity contribution in [3.63, 3.8) is 0 Å². The third kappa shape index (κ3) is 8.47. The topological polar surface area (TPSA) is 118 Å². The number of carbonyl (C=O) groups excluding carboxylic acids is 4. The van der Waals surface area contributed by atoms with Crippen molar-refractivity contribution < 1.29 is 19.2 Å². The van der Waals surface area contributed by atoms with Crippen molar-refractivity contribution in [2.24, 2.45) is 30.8 Å². The van der Waals surface area contributed by atoms with Crippen LogP contribution < -0.4 is 0 Å². The van der Waals surface area contributed by atoms with Gasteiger partial charge in [-0.05, 0) is 19.3 Å². The van der Waals surface area contributed by atoms with Crippen LogP contribution >= 0.6 is 0 Å². The van der Waals surface area contributed by atoms with Gasteiger partial charge in [0.05, 0.1) is 26.2 Å². The van der Waals surface area contributed by atoms with Gasteiger partial charge in [0.15, 0.2) is 0 Å². The minimum Gasteiger partial charge on any atom is -0.211 e. The Balaban J connectivity index is 0.000000552. The first kappa shape index (κ1) is 23.6. The maximum atomic E-state index is 10.4. The van der Waals surface area contributed by atoms with Crippen molar-refractivity contribution >= 4 is 24.3 Å². The number of hydrogen-bond acceptors (Lipinski definition) is 8. The summed E-state index contributed by atoms with van der Waals surface area (Å²) >= 11 is 0. The number of nitrogens with zero attached hydrogens (tertiary/aromatic N) is 4. The highest BCUT2D eigenvalue weighted by Gasteiger charge is 2.45. The lowest BCUT2D eigenvalue weighted by Gasteiger charge is -2.45. The van der Waals surface area contributed by atoms with Crippen molar-refractivity contribution in [2.45, 2.75) is 64.2 Å². The van der Waals surface area contributed by atoms with Gasteiger partial charge in [-0.25, -0.2) is 39.1 Å². The lowest BCUT2D eigenvalue weighted by molar-refractivity contribution is 0.0825. The predicted octanol–water partition coefficient (Wildman–Crippen LogP) is 3.22. The number of aliphatic imine (C=N–C) groups is 4. The molecule has 2 saturated carbocycles. The molecule has 0 atom stereocenters. The number of isocyanates is 4. The summed E-state index contributed by atoms with van der Waals surface area (Å²) in [5.41, 5.74) is -1.05. The van der Waals surface area contributed by atoms with Gasteiger partial charge < -0.3 is 0 Å². The van der Waals surface area contributed by atoms with Gasteiger partial charge in [0.25, 0.3) is 0 Å². The van der Waals surface area contributed by atoms with Crippen LogP contribution in [-0.4, -0.2) is 50.5 Å². The van der Waals surface area contributed by atoms with Crippen LogP contribution in [-0.2, 0) is 19.2 Å². The maximum absolute atomic E-state index is 10.4. The summed E-state index contributed by atoms with van der Waals surface area (Å²) in [5, 5.41) is 0. The van der Waals surface area contributed by atoms with E-state index in [1.807, 2.05) is 0 Å². The Morgan fingerprint density at radius 1 is 0.500 bits per heavy atom. The average Bonchev–Trinajstić information content (AvgIpc) is 2.75. The second-order valence-corrected chi connectivity index (χ2v) is 7.78.